The van der Waals surface area contributed by atoms with Crippen LogP contribution in [0.15, 0.2) is 34.9 Å². The Balaban J connectivity index is 1.98. The third-order valence-electron chi connectivity index (χ3n) is 5.08. The lowest BCUT2D eigenvalue weighted by atomic mass is 10.1. The fourth-order valence-corrected chi connectivity index (χ4v) is 4.11. The van der Waals surface area contributed by atoms with Crippen LogP contribution in [0.3, 0.4) is 0 Å². The number of nitrogens with zero attached hydrogens (tertiary/aromatic N) is 3. The molecule has 0 fully saturated rings. The van der Waals surface area contributed by atoms with Crippen molar-refractivity contribution >= 4 is 38.9 Å². The molecule has 3 aromatic rings. The molecule has 0 spiro atoms. The summed E-state index contributed by atoms with van der Waals surface area (Å²) in [6.45, 7) is 12.3. The molecule has 0 atom stereocenters. The number of carbonyl (C=O) groups is 1. The number of hydrogen-bond donors (Lipinski definition) is 1. The van der Waals surface area contributed by atoms with Crippen LogP contribution in [-0.2, 0) is 6.42 Å². The summed E-state index contributed by atoms with van der Waals surface area (Å²) in [7, 11) is 0. The maximum absolute atomic E-state index is 13.2. The summed E-state index contributed by atoms with van der Waals surface area (Å²) in [6.07, 6.45) is 2.60. The van der Waals surface area contributed by atoms with Gasteiger partial charge in [0.15, 0.2) is 0 Å². The van der Waals surface area contributed by atoms with Gasteiger partial charge in [-0.1, -0.05) is 6.92 Å². The summed E-state index contributed by atoms with van der Waals surface area (Å²) in [5.41, 5.74) is 6.28. The summed E-state index contributed by atoms with van der Waals surface area (Å²) in [5.74, 6) is -0.138. The van der Waals surface area contributed by atoms with Crippen molar-refractivity contribution in [2.24, 2.45) is 0 Å². The summed E-state index contributed by atoms with van der Waals surface area (Å²) in [5, 5.41) is 3.09. The Morgan fingerprint density at radius 2 is 1.86 bits per heavy atom. The average molecular weight is 443 g/mol. The molecule has 1 aromatic carbocycles. The number of benzene rings is 1. The number of amides is 1. The van der Waals surface area contributed by atoms with Gasteiger partial charge in [-0.05, 0) is 85.4 Å². The van der Waals surface area contributed by atoms with Crippen molar-refractivity contribution in [2.75, 3.05) is 23.3 Å². The molecule has 0 aliphatic rings. The Morgan fingerprint density at radius 3 is 2.46 bits per heavy atom. The first-order chi connectivity index (χ1) is 13.4. The number of nitrogens with one attached hydrogen (secondary N) is 1. The highest BCUT2D eigenvalue weighted by Gasteiger charge is 2.20. The Morgan fingerprint density at radius 1 is 1.14 bits per heavy atom. The van der Waals surface area contributed by atoms with Gasteiger partial charge in [0, 0.05) is 35.1 Å². The van der Waals surface area contributed by atoms with Gasteiger partial charge in [-0.2, -0.15) is 0 Å². The molecule has 1 amide bonds. The minimum atomic E-state index is -0.138. The number of imidazole rings is 1. The van der Waals surface area contributed by atoms with Crippen molar-refractivity contribution in [1.29, 1.82) is 0 Å². The molecular weight excluding hydrogens is 416 g/mol. The molecule has 5 nitrogen and oxygen atoms in total. The number of aromatic nitrogens is 2. The first-order valence-corrected chi connectivity index (χ1v) is 10.5. The summed E-state index contributed by atoms with van der Waals surface area (Å²) in [4.78, 5) is 20.2. The predicted molar refractivity (Wildman–Crippen MR) is 120 cm³/mol. The Hall–Kier alpha value is -2.34. The molecule has 1 N–H and O–H groups in total. The van der Waals surface area contributed by atoms with E-state index in [1.165, 1.54) is 5.69 Å². The van der Waals surface area contributed by atoms with Gasteiger partial charge in [-0.25, -0.2) is 4.98 Å². The van der Waals surface area contributed by atoms with Crippen LogP contribution in [0, 0.1) is 13.8 Å². The zero-order chi connectivity index (χ0) is 20.4. The number of fused-ring (bicyclic) bond motifs is 1. The van der Waals surface area contributed by atoms with E-state index in [0.29, 0.717) is 12.1 Å². The van der Waals surface area contributed by atoms with Crippen LogP contribution in [0.1, 0.15) is 48.1 Å². The lowest BCUT2D eigenvalue weighted by molar-refractivity contribution is 0.102. The molecule has 0 bridgehead atoms. The summed E-state index contributed by atoms with van der Waals surface area (Å²) in [6, 6.07) is 8.18. The molecule has 28 heavy (non-hydrogen) atoms. The molecule has 0 unspecified atom stereocenters. The van der Waals surface area contributed by atoms with E-state index in [4.69, 9.17) is 4.98 Å². The number of carbonyl (C=O) groups excluding carboxylic acids is 1. The van der Waals surface area contributed by atoms with E-state index in [0.717, 1.165) is 45.7 Å². The van der Waals surface area contributed by atoms with Gasteiger partial charge in [-0.15, -0.1) is 0 Å². The smallest absolute Gasteiger partial charge is 0.274 e. The van der Waals surface area contributed by atoms with Crippen molar-refractivity contribution < 1.29 is 4.79 Å². The molecular formula is C22H27BrN4O. The standard InChI is InChI=1S/C22H27BrN4O/c1-6-18-20(27-13-16(23)11-15(5)21(27)24-18)22(28)25-19-10-9-17(12-14(19)4)26(7-2)8-3/h9-13H,6-8H2,1-5H3,(H,25,28). The normalized spacial score (nSPS) is 11.1. The van der Waals surface area contributed by atoms with E-state index < -0.39 is 0 Å². The Kier molecular flexibility index (Phi) is 6.08. The number of anilines is 2. The van der Waals surface area contributed by atoms with Crippen molar-refractivity contribution in [1.82, 2.24) is 9.38 Å². The van der Waals surface area contributed by atoms with Gasteiger partial charge >= 0.3 is 0 Å². The third-order valence-corrected chi connectivity index (χ3v) is 5.51. The SMILES string of the molecule is CCc1nc2c(C)cc(Br)cn2c1C(=O)Nc1ccc(N(CC)CC)cc1C. The minimum absolute atomic E-state index is 0.138. The minimum Gasteiger partial charge on any atom is -0.372 e. The quantitative estimate of drug-likeness (QED) is 0.557. The Labute approximate surface area is 174 Å². The van der Waals surface area contributed by atoms with Crippen LogP contribution in [0.4, 0.5) is 11.4 Å². The maximum Gasteiger partial charge on any atom is 0.274 e. The van der Waals surface area contributed by atoms with Gasteiger partial charge in [-0.3, -0.25) is 9.20 Å². The van der Waals surface area contributed by atoms with Crippen LogP contribution >= 0.6 is 15.9 Å². The Bertz CT molecular complexity index is 1020. The monoisotopic (exact) mass is 442 g/mol. The fraction of sp³-hybridized carbons (Fsp3) is 0.364. The number of hydrogen-bond acceptors (Lipinski definition) is 3. The highest BCUT2D eigenvalue weighted by Crippen LogP contribution is 2.25. The van der Waals surface area contributed by atoms with E-state index in [1.807, 2.05) is 43.5 Å². The molecule has 0 aliphatic carbocycles. The zero-order valence-electron chi connectivity index (χ0n) is 17.1. The van der Waals surface area contributed by atoms with E-state index >= 15 is 0 Å². The molecule has 2 heterocycles. The number of aryl methyl sites for hydroxylation is 3. The molecule has 0 aliphatic heterocycles. The van der Waals surface area contributed by atoms with Crippen molar-refractivity contribution in [3.8, 4) is 0 Å². The number of halogens is 1. The molecule has 0 saturated heterocycles. The molecule has 2 aromatic heterocycles. The molecule has 0 saturated carbocycles. The van der Waals surface area contributed by atoms with Gasteiger partial charge < -0.3 is 10.2 Å². The summed E-state index contributed by atoms with van der Waals surface area (Å²) >= 11 is 3.53. The highest BCUT2D eigenvalue weighted by molar-refractivity contribution is 9.10. The largest absolute Gasteiger partial charge is 0.372 e. The second-order valence-corrected chi connectivity index (χ2v) is 7.84. The van der Waals surface area contributed by atoms with Crippen LogP contribution in [0.2, 0.25) is 0 Å². The van der Waals surface area contributed by atoms with Crippen LogP contribution in [0.5, 0.6) is 0 Å². The second-order valence-electron chi connectivity index (χ2n) is 6.92. The maximum atomic E-state index is 13.2. The zero-order valence-corrected chi connectivity index (χ0v) is 18.7. The van der Waals surface area contributed by atoms with Gasteiger partial charge in [0.05, 0.1) is 5.69 Å². The van der Waals surface area contributed by atoms with E-state index in [2.05, 4.69) is 52.1 Å². The van der Waals surface area contributed by atoms with Crippen molar-refractivity contribution in [2.45, 2.75) is 41.0 Å². The van der Waals surface area contributed by atoms with Crippen LogP contribution in [-0.4, -0.2) is 28.4 Å². The van der Waals surface area contributed by atoms with Crippen molar-refractivity contribution in [3.63, 3.8) is 0 Å². The molecule has 0 radical (unpaired) electrons. The van der Waals surface area contributed by atoms with Crippen LogP contribution < -0.4 is 10.2 Å². The fourth-order valence-electron chi connectivity index (χ4n) is 3.56. The van der Waals surface area contributed by atoms with E-state index in [9.17, 15) is 4.79 Å². The van der Waals surface area contributed by atoms with Gasteiger partial charge in [0.1, 0.15) is 11.3 Å². The lowest BCUT2D eigenvalue weighted by Crippen LogP contribution is -2.22. The first-order valence-electron chi connectivity index (χ1n) is 9.73. The third kappa shape index (κ3) is 3.78. The van der Waals surface area contributed by atoms with Crippen LogP contribution in [0.25, 0.3) is 5.65 Å². The molecule has 148 valence electrons. The molecule has 3 rings (SSSR count). The van der Waals surface area contributed by atoms with Crippen molar-refractivity contribution in [3.05, 3.63) is 57.4 Å². The number of pyridine rings is 1. The van der Waals surface area contributed by atoms with Gasteiger partial charge in [0.25, 0.3) is 5.91 Å². The highest BCUT2D eigenvalue weighted by atomic mass is 79.9. The predicted octanol–water partition coefficient (Wildman–Crippen LogP) is 5.37. The summed E-state index contributed by atoms with van der Waals surface area (Å²) < 4.78 is 2.80. The second kappa shape index (κ2) is 8.35. The van der Waals surface area contributed by atoms with E-state index in [-0.39, 0.29) is 5.91 Å². The lowest BCUT2D eigenvalue weighted by Gasteiger charge is -2.22. The molecule has 6 heteroatoms. The topological polar surface area (TPSA) is 49.6 Å². The average Bonchev–Trinajstić information content (AvgIpc) is 3.03. The van der Waals surface area contributed by atoms with E-state index in [1.54, 1.807) is 0 Å². The van der Waals surface area contributed by atoms with Gasteiger partial charge in [0.2, 0.25) is 0 Å². The first kappa shape index (κ1) is 20.4. The number of rotatable bonds is 6.